The molecular weight excluding hydrogens is 358 g/mol. The second-order valence-electron chi connectivity index (χ2n) is 7.11. The van der Waals surface area contributed by atoms with E-state index >= 15 is 0 Å². The average Bonchev–Trinajstić information content (AvgIpc) is 2.92. The van der Waals surface area contributed by atoms with Crippen LogP contribution in [0.5, 0.6) is 5.75 Å². The third-order valence-electron chi connectivity index (χ3n) is 4.79. The molecule has 2 aromatic rings. The molecule has 0 spiro atoms. The SMILES string of the molecule is Cc1cc(C)c(OCC(=O)OCC(=O)c2ccc3c(c2)[C@H](C)C(=O)N3)c(C)c1. The van der Waals surface area contributed by atoms with Crippen molar-refractivity contribution in [3.05, 3.63) is 58.1 Å². The van der Waals surface area contributed by atoms with E-state index in [2.05, 4.69) is 5.32 Å². The molecule has 0 aliphatic carbocycles. The van der Waals surface area contributed by atoms with Gasteiger partial charge in [0, 0.05) is 11.3 Å². The van der Waals surface area contributed by atoms with E-state index in [9.17, 15) is 14.4 Å². The summed E-state index contributed by atoms with van der Waals surface area (Å²) in [6, 6.07) is 8.93. The quantitative estimate of drug-likeness (QED) is 0.612. The molecule has 1 N–H and O–H groups in total. The fraction of sp³-hybridized carbons (Fsp3) is 0.318. The van der Waals surface area contributed by atoms with Gasteiger partial charge in [-0.2, -0.15) is 0 Å². The van der Waals surface area contributed by atoms with Crippen molar-refractivity contribution in [3.63, 3.8) is 0 Å². The number of Topliss-reactive ketones (excluding diaryl/α,β-unsaturated/α-hetero) is 1. The number of fused-ring (bicyclic) bond motifs is 1. The maximum atomic E-state index is 12.3. The van der Waals surface area contributed by atoms with Gasteiger partial charge < -0.3 is 14.8 Å². The number of benzene rings is 2. The first-order chi connectivity index (χ1) is 13.3. The molecule has 0 unspecified atom stereocenters. The number of aryl methyl sites for hydroxylation is 3. The highest BCUT2D eigenvalue weighted by molar-refractivity contribution is 6.05. The average molecular weight is 381 g/mol. The standard InChI is InChI=1S/C22H23NO5/c1-12-7-13(2)21(14(3)8-12)28-11-20(25)27-10-19(24)16-5-6-18-17(9-16)15(4)22(26)23-18/h5-9,15H,10-11H2,1-4H3,(H,23,26)/t15-/m0/s1. The van der Waals surface area contributed by atoms with Crippen molar-refractivity contribution in [1.82, 2.24) is 0 Å². The molecule has 1 amide bonds. The molecular formula is C22H23NO5. The van der Waals surface area contributed by atoms with Crippen molar-refractivity contribution in [3.8, 4) is 5.75 Å². The van der Waals surface area contributed by atoms with E-state index in [1.807, 2.05) is 32.9 Å². The topological polar surface area (TPSA) is 81.7 Å². The first-order valence-corrected chi connectivity index (χ1v) is 9.10. The number of rotatable bonds is 6. The highest BCUT2D eigenvalue weighted by Gasteiger charge is 2.27. The predicted octanol–water partition coefficient (Wildman–Crippen LogP) is 3.47. The van der Waals surface area contributed by atoms with Crippen molar-refractivity contribution in [2.75, 3.05) is 18.5 Å². The molecule has 0 fully saturated rings. The van der Waals surface area contributed by atoms with Gasteiger partial charge in [-0.1, -0.05) is 17.7 Å². The van der Waals surface area contributed by atoms with Crippen LogP contribution in [0.2, 0.25) is 0 Å². The van der Waals surface area contributed by atoms with E-state index in [1.54, 1.807) is 25.1 Å². The Morgan fingerprint density at radius 2 is 1.71 bits per heavy atom. The summed E-state index contributed by atoms with van der Waals surface area (Å²) in [4.78, 5) is 36.0. The lowest BCUT2D eigenvalue weighted by molar-refractivity contribution is -0.144. The molecule has 1 aliphatic heterocycles. The van der Waals surface area contributed by atoms with Crippen LogP contribution in [-0.2, 0) is 14.3 Å². The molecule has 1 heterocycles. The van der Waals surface area contributed by atoms with Crippen molar-refractivity contribution in [2.24, 2.45) is 0 Å². The summed E-state index contributed by atoms with van der Waals surface area (Å²) in [5.74, 6) is -0.687. The molecule has 0 saturated carbocycles. The van der Waals surface area contributed by atoms with Crippen LogP contribution in [0.15, 0.2) is 30.3 Å². The molecule has 146 valence electrons. The summed E-state index contributed by atoms with van der Waals surface area (Å²) in [5, 5.41) is 2.76. The van der Waals surface area contributed by atoms with Gasteiger partial charge in [-0.15, -0.1) is 0 Å². The van der Waals surface area contributed by atoms with Crippen molar-refractivity contribution in [2.45, 2.75) is 33.6 Å². The highest BCUT2D eigenvalue weighted by atomic mass is 16.6. The maximum Gasteiger partial charge on any atom is 0.344 e. The summed E-state index contributed by atoms with van der Waals surface area (Å²) < 4.78 is 10.6. The molecule has 0 aromatic heterocycles. The van der Waals surface area contributed by atoms with Crippen LogP contribution in [0.4, 0.5) is 5.69 Å². The Hall–Kier alpha value is -3.15. The number of hydrogen-bond donors (Lipinski definition) is 1. The summed E-state index contributed by atoms with van der Waals surface area (Å²) >= 11 is 0. The summed E-state index contributed by atoms with van der Waals surface area (Å²) in [6.07, 6.45) is 0. The number of carbonyl (C=O) groups is 3. The van der Waals surface area contributed by atoms with E-state index in [4.69, 9.17) is 9.47 Å². The van der Waals surface area contributed by atoms with Gasteiger partial charge in [-0.05, 0) is 62.6 Å². The summed E-state index contributed by atoms with van der Waals surface area (Å²) in [7, 11) is 0. The molecule has 3 rings (SSSR count). The van der Waals surface area contributed by atoms with Crippen LogP contribution in [-0.4, -0.2) is 30.9 Å². The Balaban J connectivity index is 1.55. The van der Waals surface area contributed by atoms with Gasteiger partial charge in [0.15, 0.2) is 19.0 Å². The number of carbonyl (C=O) groups excluding carboxylic acids is 3. The number of amides is 1. The van der Waals surface area contributed by atoms with Gasteiger partial charge in [0.25, 0.3) is 0 Å². The number of hydrogen-bond acceptors (Lipinski definition) is 5. The van der Waals surface area contributed by atoms with Gasteiger partial charge in [0.05, 0.1) is 5.92 Å². The number of esters is 1. The Bertz CT molecular complexity index is 940. The van der Waals surface area contributed by atoms with E-state index in [1.165, 1.54) is 0 Å². The number of ether oxygens (including phenoxy) is 2. The third kappa shape index (κ3) is 4.06. The molecule has 0 bridgehead atoms. The lowest BCUT2D eigenvalue weighted by Gasteiger charge is -2.12. The molecule has 1 aliphatic rings. The first-order valence-electron chi connectivity index (χ1n) is 9.10. The minimum absolute atomic E-state index is 0.0927. The maximum absolute atomic E-state index is 12.3. The van der Waals surface area contributed by atoms with Crippen LogP contribution in [0.3, 0.4) is 0 Å². The van der Waals surface area contributed by atoms with E-state index in [-0.39, 0.29) is 30.8 Å². The van der Waals surface area contributed by atoms with Crippen LogP contribution < -0.4 is 10.1 Å². The molecule has 1 atom stereocenters. The van der Waals surface area contributed by atoms with Crippen molar-refractivity contribution < 1.29 is 23.9 Å². The fourth-order valence-electron chi connectivity index (χ4n) is 3.39. The molecule has 0 radical (unpaired) electrons. The monoisotopic (exact) mass is 381 g/mol. The number of nitrogens with one attached hydrogen (secondary N) is 1. The zero-order valence-electron chi connectivity index (χ0n) is 16.4. The normalized spacial score (nSPS) is 15.0. The first kappa shape index (κ1) is 19.6. The molecule has 0 saturated heterocycles. The predicted molar refractivity (Wildman–Crippen MR) is 105 cm³/mol. The Morgan fingerprint density at radius 3 is 2.39 bits per heavy atom. The van der Waals surface area contributed by atoms with Crippen LogP contribution in [0, 0.1) is 20.8 Å². The van der Waals surface area contributed by atoms with Crippen LogP contribution in [0.1, 0.15) is 45.5 Å². The second-order valence-corrected chi connectivity index (χ2v) is 7.11. The zero-order chi connectivity index (χ0) is 20.4. The van der Waals surface area contributed by atoms with E-state index < -0.39 is 5.97 Å². The van der Waals surface area contributed by atoms with Crippen LogP contribution in [0.25, 0.3) is 0 Å². The van der Waals surface area contributed by atoms with Gasteiger partial charge in [0.2, 0.25) is 5.91 Å². The highest BCUT2D eigenvalue weighted by Crippen LogP contribution is 2.32. The smallest absolute Gasteiger partial charge is 0.344 e. The molecule has 28 heavy (non-hydrogen) atoms. The number of ketones is 1. The molecule has 6 heteroatoms. The van der Waals surface area contributed by atoms with E-state index in [0.29, 0.717) is 17.0 Å². The third-order valence-corrected chi connectivity index (χ3v) is 4.79. The van der Waals surface area contributed by atoms with E-state index in [0.717, 1.165) is 22.3 Å². The van der Waals surface area contributed by atoms with Crippen molar-refractivity contribution >= 4 is 23.3 Å². The van der Waals surface area contributed by atoms with Gasteiger partial charge >= 0.3 is 5.97 Å². The second kappa shape index (κ2) is 7.84. The molecule has 2 aromatic carbocycles. The lowest BCUT2D eigenvalue weighted by Crippen LogP contribution is -2.20. The van der Waals surface area contributed by atoms with Crippen LogP contribution >= 0.6 is 0 Å². The van der Waals surface area contributed by atoms with Gasteiger partial charge in [-0.3, -0.25) is 9.59 Å². The minimum atomic E-state index is -0.612. The fourth-order valence-corrected chi connectivity index (χ4v) is 3.39. The number of anilines is 1. The zero-order valence-corrected chi connectivity index (χ0v) is 16.4. The van der Waals surface area contributed by atoms with Crippen molar-refractivity contribution in [1.29, 1.82) is 0 Å². The summed E-state index contributed by atoms with van der Waals surface area (Å²) in [6.45, 7) is 6.97. The minimum Gasteiger partial charge on any atom is -0.481 e. The largest absolute Gasteiger partial charge is 0.481 e. The summed E-state index contributed by atoms with van der Waals surface area (Å²) in [5.41, 5.74) is 4.89. The Morgan fingerprint density at radius 1 is 1.04 bits per heavy atom. The van der Waals surface area contributed by atoms with Gasteiger partial charge in [-0.25, -0.2) is 4.79 Å². The Labute approximate surface area is 163 Å². The molecule has 6 nitrogen and oxygen atoms in total. The lowest BCUT2D eigenvalue weighted by atomic mass is 9.99. The Kier molecular flexibility index (Phi) is 5.49. The van der Waals surface area contributed by atoms with Gasteiger partial charge in [0.1, 0.15) is 5.75 Å².